The monoisotopic (exact) mass is 431 g/mol. The number of benzene rings is 1. The Morgan fingerprint density at radius 1 is 1.03 bits per heavy atom. The molecule has 0 aromatic heterocycles. The van der Waals surface area contributed by atoms with E-state index in [0.29, 0.717) is 5.02 Å². The Balaban J connectivity index is 1.32. The molecule has 2 atom stereocenters. The molecule has 0 radical (unpaired) electrons. The first-order valence-electron chi connectivity index (χ1n) is 11.5. The molecule has 164 valence electrons. The third kappa shape index (κ3) is 4.39. The van der Waals surface area contributed by atoms with Gasteiger partial charge in [-0.05, 0) is 92.2 Å². The number of carbonyl (C=O) groups is 2. The van der Waals surface area contributed by atoms with Crippen molar-refractivity contribution in [3.63, 3.8) is 0 Å². The lowest BCUT2D eigenvalue weighted by Crippen LogP contribution is -2.56. The van der Waals surface area contributed by atoms with Crippen molar-refractivity contribution in [2.45, 2.75) is 71.3 Å². The van der Waals surface area contributed by atoms with Crippen LogP contribution in [0.2, 0.25) is 5.02 Å². The molecule has 4 bridgehead atoms. The quantitative estimate of drug-likeness (QED) is 0.592. The minimum absolute atomic E-state index is 0.0627. The molecule has 0 saturated heterocycles. The summed E-state index contributed by atoms with van der Waals surface area (Å²) in [5.41, 5.74) is 1.11. The van der Waals surface area contributed by atoms with Crippen molar-refractivity contribution in [2.24, 2.45) is 29.1 Å². The molecule has 4 fully saturated rings. The van der Waals surface area contributed by atoms with E-state index in [9.17, 15) is 9.59 Å². The van der Waals surface area contributed by atoms with Crippen LogP contribution >= 0.6 is 11.6 Å². The van der Waals surface area contributed by atoms with Gasteiger partial charge in [0.1, 0.15) is 0 Å². The summed E-state index contributed by atoms with van der Waals surface area (Å²) >= 11 is 5.97. The van der Waals surface area contributed by atoms with Crippen LogP contribution in [0.25, 0.3) is 0 Å². The van der Waals surface area contributed by atoms with Crippen LogP contribution in [0.1, 0.15) is 70.8 Å². The fraction of sp³-hybridized carbons (Fsp3) is 0.680. The number of carbonyl (C=O) groups excluding carboxylic acids is 2. The summed E-state index contributed by atoms with van der Waals surface area (Å²) in [5, 5.41) is 3.81. The highest BCUT2D eigenvalue weighted by atomic mass is 35.5. The summed E-state index contributed by atoms with van der Waals surface area (Å²) in [6.07, 6.45) is 7.89. The third-order valence-corrected chi connectivity index (χ3v) is 8.13. The average Bonchev–Trinajstić information content (AvgIpc) is 2.67. The molecular weight excluding hydrogens is 398 g/mol. The Labute approximate surface area is 185 Å². The van der Waals surface area contributed by atoms with E-state index in [0.717, 1.165) is 23.3 Å². The maximum absolute atomic E-state index is 12.7. The van der Waals surface area contributed by atoms with Crippen LogP contribution < -0.4 is 5.32 Å². The zero-order valence-corrected chi connectivity index (χ0v) is 19.1. The number of hydrogen-bond donors (Lipinski definition) is 1. The normalized spacial score (nSPS) is 31.4. The number of ether oxygens (including phenoxy) is 1. The van der Waals surface area contributed by atoms with Crippen LogP contribution in [-0.4, -0.2) is 24.5 Å². The molecule has 0 spiro atoms. The van der Waals surface area contributed by atoms with E-state index < -0.39 is 5.92 Å². The molecule has 5 heteroatoms. The van der Waals surface area contributed by atoms with Crippen molar-refractivity contribution in [3.05, 3.63) is 34.9 Å². The molecule has 4 aliphatic rings. The van der Waals surface area contributed by atoms with Gasteiger partial charge in [-0.3, -0.25) is 9.59 Å². The van der Waals surface area contributed by atoms with E-state index in [1.165, 1.54) is 38.5 Å². The molecule has 1 N–H and O–H groups in total. The van der Waals surface area contributed by atoms with Gasteiger partial charge in [0.05, 0.1) is 5.92 Å². The maximum atomic E-state index is 12.7. The summed E-state index contributed by atoms with van der Waals surface area (Å²) in [7, 11) is 0. The first-order valence-corrected chi connectivity index (χ1v) is 11.8. The van der Waals surface area contributed by atoms with E-state index in [2.05, 4.69) is 12.2 Å². The lowest BCUT2D eigenvalue weighted by atomic mass is 9.48. The SMILES string of the molecule is CC(C)[C@H](C(=O)OCC(=O)N[C@H](C)C12CC3CC(CC(C3)C1)C2)c1ccc(Cl)cc1. The van der Waals surface area contributed by atoms with E-state index in [4.69, 9.17) is 16.3 Å². The largest absolute Gasteiger partial charge is 0.455 e. The summed E-state index contributed by atoms with van der Waals surface area (Å²) in [4.78, 5) is 25.4. The van der Waals surface area contributed by atoms with Crippen molar-refractivity contribution in [3.8, 4) is 0 Å². The van der Waals surface area contributed by atoms with Gasteiger partial charge < -0.3 is 10.1 Å². The number of halogens is 1. The average molecular weight is 432 g/mol. The van der Waals surface area contributed by atoms with E-state index >= 15 is 0 Å². The standard InChI is InChI=1S/C25H34ClNO3/c1-15(2)23(20-4-6-21(26)7-5-20)24(29)30-14-22(28)27-16(3)25-11-17-8-18(12-25)10-19(9-17)13-25/h4-7,15-19,23H,8-14H2,1-3H3,(H,27,28)/t16-,17?,18?,19?,23+,25?/m1/s1. The second kappa shape index (κ2) is 8.53. The molecule has 4 saturated carbocycles. The van der Waals surface area contributed by atoms with Gasteiger partial charge in [0.2, 0.25) is 0 Å². The second-order valence-electron chi connectivity index (χ2n) is 10.5. The number of hydrogen-bond acceptors (Lipinski definition) is 3. The first kappa shape index (κ1) is 21.7. The zero-order valence-electron chi connectivity index (χ0n) is 18.3. The number of esters is 1. The predicted molar refractivity (Wildman–Crippen MR) is 118 cm³/mol. The Bertz CT molecular complexity index is 753. The topological polar surface area (TPSA) is 55.4 Å². The Hall–Kier alpha value is -1.55. The van der Waals surface area contributed by atoms with Gasteiger partial charge >= 0.3 is 5.97 Å². The lowest BCUT2D eigenvalue weighted by Gasteiger charge is -2.59. The summed E-state index contributed by atoms with van der Waals surface area (Å²) < 4.78 is 5.45. The summed E-state index contributed by atoms with van der Waals surface area (Å²) in [5.74, 6) is 1.65. The molecular formula is C25H34ClNO3. The van der Waals surface area contributed by atoms with Crippen molar-refractivity contribution < 1.29 is 14.3 Å². The second-order valence-corrected chi connectivity index (χ2v) is 10.9. The van der Waals surface area contributed by atoms with Gasteiger partial charge in [0.25, 0.3) is 5.91 Å². The van der Waals surface area contributed by atoms with Crippen molar-refractivity contribution in [1.29, 1.82) is 0 Å². The van der Waals surface area contributed by atoms with E-state index in [-0.39, 0.29) is 35.9 Å². The highest BCUT2D eigenvalue weighted by molar-refractivity contribution is 6.30. The number of amides is 1. The van der Waals surface area contributed by atoms with Crippen LogP contribution in [0.3, 0.4) is 0 Å². The maximum Gasteiger partial charge on any atom is 0.314 e. The van der Waals surface area contributed by atoms with Crippen LogP contribution in [0, 0.1) is 29.1 Å². The van der Waals surface area contributed by atoms with Gasteiger partial charge in [-0.15, -0.1) is 0 Å². The lowest BCUT2D eigenvalue weighted by molar-refractivity contribution is -0.151. The van der Waals surface area contributed by atoms with Gasteiger partial charge in [-0.2, -0.15) is 0 Å². The molecule has 0 aliphatic heterocycles. The Kier molecular flexibility index (Phi) is 6.16. The minimum Gasteiger partial charge on any atom is -0.455 e. The fourth-order valence-corrected chi connectivity index (χ4v) is 6.96. The number of rotatable bonds is 7. The van der Waals surface area contributed by atoms with Gasteiger partial charge in [-0.1, -0.05) is 37.6 Å². The van der Waals surface area contributed by atoms with Crippen molar-refractivity contribution >= 4 is 23.5 Å². The first-order chi connectivity index (χ1) is 14.3. The molecule has 4 aliphatic carbocycles. The predicted octanol–water partition coefficient (Wildman–Crippen LogP) is 5.34. The van der Waals surface area contributed by atoms with Gasteiger partial charge in [0, 0.05) is 11.1 Å². The molecule has 30 heavy (non-hydrogen) atoms. The summed E-state index contributed by atoms with van der Waals surface area (Å²) in [6, 6.07) is 7.39. The molecule has 1 aromatic carbocycles. The van der Waals surface area contributed by atoms with Crippen LogP contribution in [0.4, 0.5) is 0 Å². The molecule has 1 aromatic rings. The molecule has 5 rings (SSSR count). The molecule has 0 unspecified atom stereocenters. The zero-order chi connectivity index (χ0) is 21.5. The van der Waals surface area contributed by atoms with Crippen LogP contribution in [0.5, 0.6) is 0 Å². The van der Waals surface area contributed by atoms with Crippen molar-refractivity contribution in [2.75, 3.05) is 6.61 Å². The van der Waals surface area contributed by atoms with Crippen LogP contribution in [-0.2, 0) is 14.3 Å². The Morgan fingerprint density at radius 3 is 2.07 bits per heavy atom. The van der Waals surface area contributed by atoms with E-state index in [1.807, 2.05) is 26.0 Å². The number of nitrogens with one attached hydrogen (secondary N) is 1. The molecule has 0 heterocycles. The fourth-order valence-electron chi connectivity index (χ4n) is 6.83. The van der Waals surface area contributed by atoms with Gasteiger partial charge in [-0.25, -0.2) is 0 Å². The van der Waals surface area contributed by atoms with Crippen LogP contribution in [0.15, 0.2) is 24.3 Å². The Morgan fingerprint density at radius 2 is 1.57 bits per heavy atom. The molecule has 1 amide bonds. The minimum atomic E-state index is -0.407. The summed E-state index contributed by atoms with van der Waals surface area (Å²) in [6.45, 7) is 5.90. The third-order valence-electron chi connectivity index (χ3n) is 7.88. The smallest absolute Gasteiger partial charge is 0.314 e. The highest BCUT2D eigenvalue weighted by Crippen LogP contribution is 2.61. The van der Waals surface area contributed by atoms with E-state index in [1.54, 1.807) is 12.1 Å². The molecule has 4 nitrogen and oxygen atoms in total. The highest BCUT2D eigenvalue weighted by Gasteiger charge is 2.53. The van der Waals surface area contributed by atoms with Gasteiger partial charge in [0.15, 0.2) is 6.61 Å². The van der Waals surface area contributed by atoms with Crippen molar-refractivity contribution in [1.82, 2.24) is 5.32 Å².